The third kappa shape index (κ3) is 2.32. The standard InChI is InChI=1S/C15H18ClNO/c16-15-4-2-1-3-14(15)11-5-6-12-9-13(18)7-8-17(12)10-11/h1-4,11-12H,5-10H2/t11-,12?/m0/s1. The van der Waals surface area contributed by atoms with Crippen LogP contribution in [0.25, 0.3) is 0 Å². The third-order valence-corrected chi connectivity index (χ3v) is 4.65. The minimum absolute atomic E-state index is 0.437. The highest BCUT2D eigenvalue weighted by molar-refractivity contribution is 6.31. The predicted molar refractivity (Wildman–Crippen MR) is 73.0 cm³/mol. The first-order chi connectivity index (χ1) is 8.74. The van der Waals surface area contributed by atoms with Gasteiger partial charge < -0.3 is 0 Å². The molecule has 3 heteroatoms. The molecular formula is C15H18ClNO. The van der Waals surface area contributed by atoms with Gasteiger partial charge in [-0.05, 0) is 30.4 Å². The molecule has 1 aromatic rings. The first-order valence-electron chi connectivity index (χ1n) is 6.74. The summed E-state index contributed by atoms with van der Waals surface area (Å²) in [6.45, 7) is 1.99. The van der Waals surface area contributed by atoms with Gasteiger partial charge in [-0.2, -0.15) is 0 Å². The number of piperidine rings is 2. The Kier molecular flexibility index (Phi) is 3.40. The van der Waals surface area contributed by atoms with Gasteiger partial charge in [0.05, 0.1) is 0 Å². The predicted octanol–water partition coefficient (Wildman–Crippen LogP) is 3.25. The fourth-order valence-electron chi connectivity index (χ4n) is 3.30. The number of Topliss-reactive ketones (excluding diaryl/α,β-unsaturated/α-hetero) is 1. The highest BCUT2D eigenvalue weighted by Gasteiger charge is 2.33. The van der Waals surface area contributed by atoms with Gasteiger partial charge in [-0.3, -0.25) is 9.69 Å². The average molecular weight is 264 g/mol. The van der Waals surface area contributed by atoms with Crippen molar-refractivity contribution >= 4 is 17.4 Å². The molecule has 0 saturated carbocycles. The molecule has 1 aromatic carbocycles. The van der Waals surface area contributed by atoms with Crippen molar-refractivity contribution in [2.75, 3.05) is 13.1 Å². The Bertz CT molecular complexity index is 460. The van der Waals surface area contributed by atoms with Crippen molar-refractivity contribution in [3.05, 3.63) is 34.9 Å². The summed E-state index contributed by atoms with van der Waals surface area (Å²) in [7, 11) is 0. The van der Waals surface area contributed by atoms with Gasteiger partial charge in [0, 0.05) is 37.0 Å². The Hall–Kier alpha value is -0.860. The van der Waals surface area contributed by atoms with E-state index in [-0.39, 0.29) is 0 Å². The molecule has 0 amide bonds. The van der Waals surface area contributed by atoms with E-state index < -0.39 is 0 Å². The van der Waals surface area contributed by atoms with E-state index in [1.807, 2.05) is 12.1 Å². The summed E-state index contributed by atoms with van der Waals surface area (Å²) in [4.78, 5) is 14.0. The second-order valence-corrected chi connectivity index (χ2v) is 5.84. The van der Waals surface area contributed by atoms with Gasteiger partial charge in [-0.15, -0.1) is 0 Å². The van der Waals surface area contributed by atoms with Crippen molar-refractivity contribution in [2.45, 2.75) is 37.6 Å². The normalized spacial score (nSPS) is 29.1. The maximum atomic E-state index is 11.5. The molecule has 2 aliphatic rings. The number of benzene rings is 1. The van der Waals surface area contributed by atoms with Crippen molar-refractivity contribution in [1.82, 2.24) is 4.90 Å². The fraction of sp³-hybridized carbons (Fsp3) is 0.533. The minimum atomic E-state index is 0.437. The van der Waals surface area contributed by atoms with Crippen LogP contribution in [-0.2, 0) is 4.79 Å². The second-order valence-electron chi connectivity index (χ2n) is 5.44. The summed E-state index contributed by atoms with van der Waals surface area (Å²) < 4.78 is 0. The van der Waals surface area contributed by atoms with Gasteiger partial charge in [0.1, 0.15) is 5.78 Å². The van der Waals surface area contributed by atoms with Gasteiger partial charge in [0.15, 0.2) is 0 Å². The number of rotatable bonds is 1. The molecule has 18 heavy (non-hydrogen) atoms. The van der Waals surface area contributed by atoms with Crippen LogP contribution >= 0.6 is 11.6 Å². The van der Waals surface area contributed by atoms with E-state index in [1.165, 1.54) is 5.56 Å². The molecule has 2 atom stereocenters. The first-order valence-corrected chi connectivity index (χ1v) is 7.12. The molecule has 0 aliphatic carbocycles. The number of hydrogen-bond acceptors (Lipinski definition) is 2. The molecule has 2 fully saturated rings. The fourth-order valence-corrected chi connectivity index (χ4v) is 3.59. The SMILES string of the molecule is O=C1CCN2C[C@@H](c3ccccc3Cl)CCC2C1. The van der Waals surface area contributed by atoms with E-state index in [9.17, 15) is 4.79 Å². The van der Waals surface area contributed by atoms with Gasteiger partial charge in [0.25, 0.3) is 0 Å². The van der Waals surface area contributed by atoms with Gasteiger partial charge in [-0.1, -0.05) is 29.8 Å². The Morgan fingerprint density at radius 1 is 1.22 bits per heavy atom. The lowest BCUT2D eigenvalue weighted by Crippen LogP contribution is -2.47. The van der Waals surface area contributed by atoms with E-state index in [0.29, 0.717) is 17.7 Å². The molecule has 0 radical (unpaired) electrons. The minimum Gasteiger partial charge on any atom is -0.300 e. The van der Waals surface area contributed by atoms with Crippen LogP contribution in [0.4, 0.5) is 0 Å². The molecule has 96 valence electrons. The first kappa shape index (κ1) is 12.2. The largest absolute Gasteiger partial charge is 0.300 e. The Labute approximate surface area is 113 Å². The zero-order valence-corrected chi connectivity index (χ0v) is 11.2. The maximum absolute atomic E-state index is 11.5. The van der Waals surface area contributed by atoms with E-state index in [2.05, 4.69) is 17.0 Å². The molecule has 0 spiro atoms. The molecule has 0 N–H and O–H groups in total. The Balaban J connectivity index is 1.75. The van der Waals surface area contributed by atoms with Crippen molar-refractivity contribution in [2.24, 2.45) is 0 Å². The van der Waals surface area contributed by atoms with Crippen molar-refractivity contribution < 1.29 is 4.79 Å². The molecule has 2 saturated heterocycles. The quantitative estimate of drug-likeness (QED) is 0.775. The molecule has 2 heterocycles. The number of ketones is 1. The number of halogens is 1. The molecule has 2 nitrogen and oxygen atoms in total. The van der Waals surface area contributed by atoms with Crippen LogP contribution in [0.2, 0.25) is 5.02 Å². The van der Waals surface area contributed by atoms with Gasteiger partial charge >= 0.3 is 0 Å². The summed E-state index contributed by atoms with van der Waals surface area (Å²) in [6.07, 6.45) is 3.76. The monoisotopic (exact) mass is 263 g/mol. The van der Waals surface area contributed by atoms with Crippen LogP contribution in [0.5, 0.6) is 0 Å². The van der Waals surface area contributed by atoms with Crippen molar-refractivity contribution in [3.8, 4) is 0 Å². The third-order valence-electron chi connectivity index (χ3n) is 4.31. The number of carbonyl (C=O) groups excluding carboxylic acids is 1. The molecule has 0 bridgehead atoms. The van der Waals surface area contributed by atoms with E-state index in [1.54, 1.807) is 0 Å². The summed E-state index contributed by atoms with van der Waals surface area (Å²) in [5.41, 5.74) is 1.27. The highest BCUT2D eigenvalue weighted by atomic mass is 35.5. The van der Waals surface area contributed by atoms with E-state index in [4.69, 9.17) is 11.6 Å². The van der Waals surface area contributed by atoms with Crippen LogP contribution in [-0.4, -0.2) is 29.8 Å². The number of fused-ring (bicyclic) bond motifs is 1. The molecule has 0 aromatic heterocycles. The number of hydrogen-bond donors (Lipinski definition) is 0. The van der Waals surface area contributed by atoms with Gasteiger partial charge in [-0.25, -0.2) is 0 Å². The summed E-state index contributed by atoms with van der Waals surface area (Å²) in [6, 6.07) is 8.65. The lowest BCUT2D eigenvalue weighted by molar-refractivity contribution is -0.124. The van der Waals surface area contributed by atoms with Crippen LogP contribution < -0.4 is 0 Å². The van der Waals surface area contributed by atoms with Crippen LogP contribution in [0.15, 0.2) is 24.3 Å². The molecule has 2 aliphatic heterocycles. The van der Waals surface area contributed by atoms with Crippen LogP contribution in [0, 0.1) is 0 Å². The summed E-state index contributed by atoms with van der Waals surface area (Å²) in [5, 5.41) is 0.883. The molecular weight excluding hydrogens is 246 g/mol. The van der Waals surface area contributed by atoms with Crippen LogP contribution in [0.3, 0.4) is 0 Å². The molecule has 1 unspecified atom stereocenters. The topological polar surface area (TPSA) is 20.3 Å². The maximum Gasteiger partial charge on any atom is 0.135 e. The summed E-state index contributed by atoms with van der Waals surface area (Å²) in [5.74, 6) is 0.968. The van der Waals surface area contributed by atoms with Crippen LogP contribution in [0.1, 0.15) is 37.2 Å². The number of carbonyl (C=O) groups is 1. The Morgan fingerprint density at radius 2 is 2.06 bits per heavy atom. The Morgan fingerprint density at radius 3 is 2.89 bits per heavy atom. The zero-order valence-electron chi connectivity index (χ0n) is 10.4. The van der Waals surface area contributed by atoms with E-state index in [0.717, 1.165) is 43.8 Å². The van der Waals surface area contributed by atoms with Crippen molar-refractivity contribution in [1.29, 1.82) is 0 Å². The summed E-state index contributed by atoms with van der Waals surface area (Å²) >= 11 is 6.28. The highest BCUT2D eigenvalue weighted by Crippen LogP contribution is 2.35. The van der Waals surface area contributed by atoms with Gasteiger partial charge in [0.2, 0.25) is 0 Å². The number of nitrogens with zero attached hydrogens (tertiary/aromatic N) is 1. The molecule has 3 rings (SSSR count). The lowest BCUT2D eigenvalue weighted by Gasteiger charge is -2.42. The second kappa shape index (κ2) is 5.02. The average Bonchev–Trinajstić information content (AvgIpc) is 2.39. The zero-order chi connectivity index (χ0) is 12.5. The van der Waals surface area contributed by atoms with E-state index >= 15 is 0 Å². The lowest BCUT2D eigenvalue weighted by atomic mass is 9.83. The van der Waals surface area contributed by atoms with Crippen molar-refractivity contribution in [3.63, 3.8) is 0 Å². The smallest absolute Gasteiger partial charge is 0.135 e.